The molecule has 0 atom stereocenters. The molecule has 114 valence electrons. The Morgan fingerprint density at radius 3 is 2.73 bits per heavy atom. The van der Waals surface area contributed by atoms with Crippen molar-refractivity contribution in [1.82, 2.24) is 4.98 Å². The molecular weight excluding hydrogens is 294 g/mol. The predicted molar refractivity (Wildman–Crippen MR) is 92.1 cm³/mol. The summed E-state index contributed by atoms with van der Waals surface area (Å²) in [5, 5.41) is 3.33. The maximum absolute atomic E-state index is 11.5. The zero-order valence-corrected chi connectivity index (χ0v) is 13.4. The topological polar surface area (TPSA) is 47.0 Å². The molecule has 3 nitrogen and oxygen atoms in total. The Bertz CT molecular complexity index is 864. The van der Waals surface area contributed by atoms with Crippen LogP contribution in [-0.2, 0) is 9.84 Å². The van der Waals surface area contributed by atoms with Crippen LogP contribution in [0.25, 0.3) is 22.4 Å². The lowest BCUT2D eigenvalue weighted by atomic mass is 9.92. The molecule has 1 aromatic heterocycles. The molecule has 0 aliphatic heterocycles. The Morgan fingerprint density at radius 1 is 1.18 bits per heavy atom. The van der Waals surface area contributed by atoms with E-state index in [1.54, 1.807) is 6.08 Å². The monoisotopic (exact) mass is 313 g/mol. The van der Waals surface area contributed by atoms with Crippen molar-refractivity contribution in [3.8, 4) is 0 Å². The van der Waals surface area contributed by atoms with Crippen molar-refractivity contribution in [3.63, 3.8) is 0 Å². The second-order valence-electron chi connectivity index (χ2n) is 5.72. The highest BCUT2D eigenvalue weighted by molar-refractivity contribution is 7.93. The van der Waals surface area contributed by atoms with Crippen molar-refractivity contribution < 1.29 is 8.42 Å². The Morgan fingerprint density at radius 2 is 2.00 bits per heavy atom. The molecule has 0 radical (unpaired) electrons. The van der Waals surface area contributed by atoms with Crippen LogP contribution in [0, 0.1) is 0 Å². The van der Waals surface area contributed by atoms with Crippen molar-refractivity contribution >= 4 is 32.3 Å². The maximum atomic E-state index is 11.5. The molecule has 4 heteroatoms. The van der Waals surface area contributed by atoms with Gasteiger partial charge in [0.2, 0.25) is 0 Å². The van der Waals surface area contributed by atoms with E-state index in [-0.39, 0.29) is 0 Å². The van der Waals surface area contributed by atoms with Gasteiger partial charge in [0.05, 0.1) is 5.69 Å². The van der Waals surface area contributed by atoms with Crippen LogP contribution in [0.15, 0.2) is 41.9 Å². The third kappa shape index (κ3) is 3.28. The van der Waals surface area contributed by atoms with Crippen molar-refractivity contribution in [2.75, 3.05) is 6.26 Å². The first-order valence-electron chi connectivity index (χ1n) is 7.50. The summed E-state index contributed by atoms with van der Waals surface area (Å²) in [6.07, 6.45) is 11.5. The molecule has 2 aromatic rings. The molecule has 3 rings (SSSR count). The van der Waals surface area contributed by atoms with Crippen molar-refractivity contribution in [1.29, 1.82) is 0 Å². The lowest BCUT2D eigenvalue weighted by molar-refractivity contribution is 0.610. The molecule has 0 spiro atoms. The molecule has 1 aliphatic rings. The minimum Gasteiger partial charge on any atom is -0.255 e. The minimum atomic E-state index is -3.17. The average Bonchev–Trinajstić information content (AvgIpc) is 2.52. The van der Waals surface area contributed by atoms with E-state index < -0.39 is 9.84 Å². The zero-order valence-electron chi connectivity index (χ0n) is 12.6. The highest BCUT2D eigenvalue weighted by Crippen LogP contribution is 2.32. The van der Waals surface area contributed by atoms with Gasteiger partial charge in [-0.3, -0.25) is 4.98 Å². The Hall–Kier alpha value is -1.94. The fourth-order valence-electron chi connectivity index (χ4n) is 2.86. The second-order valence-corrected chi connectivity index (χ2v) is 7.65. The number of aromatic nitrogens is 1. The molecule has 1 aliphatic carbocycles. The number of rotatable bonds is 3. The van der Waals surface area contributed by atoms with E-state index in [1.165, 1.54) is 23.7 Å². The van der Waals surface area contributed by atoms with Crippen molar-refractivity contribution in [2.24, 2.45) is 0 Å². The molecule has 0 N–H and O–H groups in total. The van der Waals surface area contributed by atoms with Gasteiger partial charge in [0.25, 0.3) is 0 Å². The van der Waals surface area contributed by atoms with E-state index in [0.717, 1.165) is 41.3 Å². The summed E-state index contributed by atoms with van der Waals surface area (Å²) in [4.78, 5) is 4.62. The van der Waals surface area contributed by atoms with Crippen molar-refractivity contribution in [2.45, 2.75) is 25.7 Å². The molecule has 0 unspecified atom stereocenters. The first kappa shape index (κ1) is 15.0. The second kappa shape index (κ2) is 6.05. The quantitative estimate of drug-likeness (QED) is 0.853. The molecule has 22 heavy (non-hydrogen) atoms. The summed E-state index contributed by atoms with van der Waals surface area (Å²) in [6, 6.07) is 7.96. The van der Waals surface area contributed by atoms with E-state index in [9.17, 15) is 8.42 Å². The summed E-state index contributed by atoms with van der Waals surface area (Å²) < 4.78 is 23.0. The van der Waals surface area contributed by atoms with Crippen LogP contribution in [0.2, 0.25) is 0 Å². The summed E-state index contributed by atoms with van der Waals surface area (Å²) in [6.45, 7) is 0. The number of benzene rings is 1. The fourth-order valence-corrected chi connectivity index (χ4v) is 3.24. The van der Waals surface area contributed by atoms with Gasteiger partial charge in [0, 0.05) is 28.8 Å². The molecule has 0 bridgehead atoms. The smallest absolute Gasteiger partial charge is 0.168 e. The predicted octanol–water partition coefficient (Wildman–Crippen LogP) is 4.21. The van der Waals surface area contributed by atoms with E-state index in [0.29, 0.717) is 0 Å². The molecule has 1 aromatic carbocycles. The normalized spacial score (nSPS) is 16.1. The van der Waals surface area contributed by atoms with Gasteiger partial charge in [-0.1, -0.05) is 30.3 Å². The van der Waals surface area contributed by atoms with Crippen LogP contribution in [0.5, 0.6) is 0 Å². The Balaban J connectivity index is 2.23. The lowest BCUT2D eigenvalue weighted by Crippen LogP contribution is -1.99. The number of pyridine rings is 1. The standard InChI is InChI=1S/C18H19NO2S/c1-22(20,21)12-11-17-16-10-6-5-9-15(16)13-19-18(17)14-7-3-2-4-8-14/h5-7,9-13H,2-4,8H2,1H3/b12-11+. The van der Waals surface area contributed by atoms with E-state index >= 15 is 0 Å². The minimum absolute atomic E-state index is 0.900. The molecule has 0 fully saturated rings. The van der Waals surface area contributed by atoms with Gasteiger partial charge in [-0.15, -0.1) is 0 Å². The Kier molecular flexibility index (Phi) is 4.12. The van der Waals surface area contributed by atoms with Gasteiger partial charge in [0.15, 0.2) is 9.84 Å². The summed E-state index contributed by atoms with van der Waals surface area (Å²) >= 11 is 0. The summed E-state index contributed by atoms with van der Waals surface area (Å²) in [7, 11) is -3.17. The molecule has 0 saturated carbocycles. The Labute approximate surface area is 131 Å². The highest BCUT2D eigenvalue weighted by atomic mass is 32.2. The zero-order chi connectivity index (χ0) is 15.6. The number of allylic oxidation sites excluding steroid dienone is 2. The van der Waals surface area contributed by atoms with E-state index in [1.807, 2.05) is 30.5 Å². The average molecular weight is 313 g/mol. The number of sulfone groups is 1. The van der Waals surface area contributed by atoms with Crippen molar-refractivity contribution in [3.05, 3.63) is 53.2 Å². The fraction of sp³-hybridized carbons (Fsp3) is 0.278. The third-order valence-corrected chi connectivity index (χ3v) is 4.55. The van der Waals surface area contributed by atoms with Gasteiger partial charge >= 0.3 is 0 Å². The van der Waals surface area contributed by atoms with Gasteiger partial charge in [-0.25, -0.2) is 8.42 Å². The molecule has 0 amide bonds. The maximum Gasteiger partial charge on any atom is 0.168 e. The summed E-state index contributed by atoms with van der Waals surface area (Å²) in [5.74, 6) is 0. The van der Waals surface area contributed by atoms with Gasteiger partial charge in [-0.2, -0.15) is 0 Å². The van der Waals surface area contributed by atoms with Crippen LogP contribution in [0.1, 0.15) is 36.9 Å². The van der Waals surface area contributed by atoms with Crippen LogP contribution < -0.4 is 0 Å². The van der Waals surface area contributed by atoms with Gasteiger partial charge in [0.1, 0.15) is 0 Å². The number of nitrogens with zero attached hydrogens (tertiary/aromatic N) is 1. The van der Waals surface area contributed by atoms with Gasteiger partial charge in [-0.05, 0) is 42.7 Å². The van der Waals surface area contributed by atoms with Gasteiger partial charge < -0.3 is 0 Å². The SMILES string of the molecule is CS(=O)(=O)/C=C/c1c(C2=CCCCC2)ncc2ccccc12. The number of hydrogen-bond acceptors (Lipinski definition) is 3. The number of hydrogen-bond donors (Lipinski definition) is 0. The summed E-state index contributed by atoms with van der Waals surface area (Å²) in [5.41, 5.74) is 3.04. The molecule has 1 heterocycles. The van der Waals surface area contributed by atoms with Crippen LogP contribution >= 0.6 is 0 Å². The lowest BCUT2D eigenvalue weighted by Gasteiger charge is -2.15. The first-order chi connectivity index (χ1) is 10.5. The highest BCUT2D eigenvalue weighted by Gasteiger charge is 2.13. The first-order valence-corrected chi connectivity index (χ1v) is 9.45. The molecular formula is C18H19NO2S. The van der Waals surface area contributed by atoms with E-state index in [4.69, 9.17) is 0 Å². The number of fused-ring (bicyclic) bond motifs is 1. The molecule has 0 saturated heterocycles. The van der Waals surface area contributed by atoms with E-state index in [2.05, 4.69) is 11.1 Å². The third-order valence-electron chi connectivity index (χ3n) is 3.92. The van der Waals surface area contributed by atoms with Crippen LogP contribution in [-0.4, -0.2) is 19.7 Å². The van der Waals surface area contributed by atoms with Crippen LogP contribution in [0.3, 0.4) is 0 Å². The van der Waals surface area contributed by atoms with Crippen LogP contribution in [0.4, 0.5) is 0 Å². The largest absolute Gasteiger partial charge is 0.255 e.